The molecule has 28 heavy (non-hydrogen) atoms. The molecule has 150 valence electrons. The number of carbonyl (C=O) groups excluding carboxylic acids is 1. The van der Waals surface area contributed by atoms with Crippen molar-refractivity contribution in [2.24, 2.45) is 0 Å². The zero-order chi connectivity index (χ0) is 20.3. The minimum Gasteiger partial charge on any atom is -0.468 e. The molecule has 8 heteroatoms. The van der Waals surface area contributed by atoms with Crippen LogP contribution < -0.4 is 4.74 Å². The molecule has 1 atom stereocenters. The summed E-state index contributed by atoms with van der Waals surface area (Å²) in [4.78, 5) is 23.3. The fourth-order valence-electron chi connectivity index (χ4n) is 3.49. The molecule has 1 aliphatic rings. The number of hydrogen-bond acceptors (Lipinski definition) is 4. The van der Waals surface area contributed by atoms with E-state index in [2.05, 4.69) is 14.7 Å². The first-order chi connectivity index (χ1) is 13.3. The van der Waals surface area contributed by atoms with Gasteiger partial charge < -0.3 is 9.64 Å². The molecule has 3 rings (SSSR count). The Morgan fingerprint density at radius 3 is 2.71 bits per heavy atom. The first kappa shape index (κ1) is 20.1. The summed E-state index contributed by atoms with van der Waals surface area (Å²) in [5.41, 5.74) is 2.36. The molecule has 0 radical (unpaired) electrons. The number of ether oxygens (including phenoxy) is 1. The van der Waals surface area contributed by atoms with Gasteiger partial charge in [-0.05, 0) is 50.8 Å². The molecular weight excluding hydrogens is 371 g/mol. The number of alkyl halides is 3. The molecule has 0 saturated heterocycles. The van der Waals surface area contributed by atoms with Crippen LogP contribution in [0.4, 0.5) is 13.2 Å². The van der Waals surface area contributed by atoms with Crippen molar-refractivity contribution in [1.29, 1.82) is 0 Å². The number of aromatic nitrogens is 2. The van der Waals surface area contributed by atoms with Crippen LogP contribution in [0.1, 0.15) is 54.3 Å². The number of aryl methyl sites for hydroxylation is 1. The summed E-state index contributed by atoms with van der Waals surface area (Å²) in [6.45, 7) is 2.45. The molecule has 0 fully saturated rings. The Labute approximate surface area is 161 Å². The number of amides is 1. The SMILES string of the molecule is CC(C)N(C(=O)c1ccc(OCC(F)(F)F)nc1)C1CCCc2cccnc21. The molecule has 2 aromatic rings. The molecule has 0 spiro atoms. The molecule has 0 bridgehead atoms. The second kappa shape index (κ2) is 8.16. The first-order valence-electron chi connectivity index (χ1n) is 9.18. The second-order valence-electron chi connectivity index (χ2n) is 7.05. The van der Waals surface area contributed by atoms with Gasteiger partial charge in [-0.3, -0.25) is 9.78 Å². The lowest BCUT2D eigenvalue weighted by Crippen LogP contribution is -2.41. The van der Waals surface area contributed by atoms with Crippen LogP contribution in [0.5, 0.6) is 5.88 Å². The van der Waals surface area contributed by atoms with Gasteiger partial charge in [0.25, 0.3) is 5.91 Å². The normalized spacial score (nSPS) is 16.6. The van der Waals surface area contributed by atoms with Crippen LogP contribution in [0.15, 0.2) is 36.7 Å². The number of fused-ring (bicyclic) bond motifs is 1. The second-order valence-corrected chi connectivity index (χ2v) is 7.05. The van der Waals surface area contributed by atoms with Crippen molar-refractivity contribution >= 4 is 5.91 Å². The summed E-state index contributed by atoms with van der Waals surface area (Å²) in [6, 6.07) is 6.44. The van der Waals surface area contributed by atoms with E-state index in [0.29, 0.717) is 5.56 Å². The van der Waals surface area contributed by atoms with Crippen LogP contribution in [-0.4, -0.2) is 39.6 Å². The van der Waals surface area contributed by atoms with Gasteiger partial charge in [-0.25, -0.2) is 4.98 Å². The monoisotopic (exact) mass is 393 g/mol. The van der Waals surface area contributed by atoms with Gasteiger partial charge in [0.2, 0.25) is 5.88 Å². The molecule has 2 aromatic heterocycles. The van der Waals surface area contributed by atoms with E-state index >= 15 is 0 Å². The minimum absolute atomic E-state index is 0.0772. The van der Waals surface area contributed by atoms with E-state index in [-0.39, 0.29) is 23.9 Å². The standard InChI is InChI=1S/C20H22F3N3O2/c1-13(2)26(16-7-3-5-14-6-4-10-24-18(14)16)19(27)15-8-9-17(25-11-15)28-12-20(21,22)23/h4,6,8-11,13,16H,3,5,7,12H2,1-2H3. The summed E-state index contributed by atoms with van der Waals surface area (Å²) in [5.74, 6) is -0.400. The summed E-state index contributed by atoms with van der Waals surface area (Å²) in [6.07, 6.45) is 1.26. The summed E-state index contributed by atoms with van der Waals surface area (Å²) < 4.78 is 41.4. The van der Waals surface area contributed by atoms with Crippen LogP contribution >= 0.6 is 0 Å². The van der Waals surface area contributed by atoms with E-state index in [1.165, 1.54) is 18.3 Å². The minimum atomic E-state index is -4.44. The van der Waals surface area contributed by atoms with E-state index in [4.69, 9.17) is 0 Å². The lowest BCUT2D eigenvalue weighted by atomic mass is 9.90. The molecule has 1 amide bonds. The first-order valence-corrected chi connectivity index (χ1v) is 9.18. The highest BCUT2D eigenvalue weighted by atomic mass is 19.4. The Morgan fingerprint density at radius 2 is 2.07 bits per heavy atom. The predicted molar refractivity (Wildman–Crippen MR) is 97.0 cm³/mol. The third kappa shape index (κ3) is 4.61. The number of rotatable bonds is 5. The molecule has 1 aliphatic carbocycles. The Balaban J connectivity index is 1.81. The van der Waals surface area contributed by atoms with Gasteiger partial charge in [-0.15, -0.1) is 0 Å². The predicted octanol–water partition coefficient (Wildman–Crippen LogP) is 4.35. The van der Waals surface area contributed by atoms with Crippen molar-refractivity contribution < 1.29 is 22.7 Å². The van der Waals surface area contributed by atoms with Crippen molar-refractivity contribution in [3.8, 4) is 5.88 Å². The Hall–Kier alpha value is -2.64. The fraction of sp³-hybridized carbons (Fsp3) is 0.450. The average Bonchev–Trinajstić information content (AvgIpc) is 2.66. The van der Waals surface area contributed by atoms with E-state index in [1.54, 1.807) is 11.1 Å². The topological polar surface area (TPSA) is 55.3 Å². The highest BCUT2D eigenvalue weighted by molar-refractivity contribution is 5.94. The van der Waals surface area contributed by atoms with Crippen molar-refractivity contribution in [3.63, 3.8) is 0 Å². The summed E-state index contributed by atoms with van der Waals surface area (Å²) in [7, 11) is 0. The highest BCUT2D eigenvalue weighted by Crippen LogP contribution is 2.35. The van der Waals surface area contributed by atoms with Gasteiger partial charge in [0.1, 0.15) is 0 Å². The lowest BCUT2D eigenvalue weighted by Gasteiger charge is -2.37. The van der Waals surface area contributed by atoms with Gasteiger partial charge in [0.05, 0.1) is 17.3 Å². The van der Waals surface area contributed by atoms with Crippen molar-refractivity contribution in [2.45, 2.75) is 51.4 Å². The molecule has 1 unspecified atom stereocenters. The average molecular weight is 393 g/mol. The maximum atomic E-state index is 13.2. The number of halogens is 3. The molecule has 0 saturated carbocycles. The van der Waals surface area contributed by atoms with Gasteiger partial charge in [0, 0.05) is 24.5 Å². The molecule has 2 heterocycles. The van der Waals surface area contributed by atoms with E-state index in [1.807, 2.05) is 26.0 Å². The number of nitrogens with zero attached hydrogens (tertiary/aromatic N) is 3. The van der Waals surface area contributed by atoms with E-state index < -0.39 is 12.8 Å². The summed E-state index contributed by atoms with van der Waals surface area (Å²) >= 11 is 0. The van der Waals surface area contributed by atoms with Gasteiger partial charge in [0.15, 0.2) is 6.61 Å². The number of hydrogen-bond donors (Lipinski definition) is 0. The third-order valence-electron chi connectivity index (χ3n) is 4.66. The summed E-state index contributed by atoms with van der Waals surface area (Å²) in [5, 5.41) is 0. The number of carbonyl (C=O) groups is 1. The fourth-order valence-corrected chi connectivity index (χ4v) is 3.49. The van der Waals surface area contributed by atoms with Crippen molar-refractivity contribution in [3.05, 3.63) is 53.5 Å². The lowest BCUT2D eigenvalue weighted by molar-refractivity contribution is -0.154. The highest BCUT2D eigenvalue weighted by Gasteiger charge is 2.33. The van der Waals surface area contributed by atoms with Gasteiger partial charge >= 0.3 is 6.18 Å². The Morgan fingerprint density at radius 1 is 1.29 bits per heavy atom. The molecule has 0 N–H and O–H groups in total. The van der Waals surface area contributed by atoms with Gasteiger partial charge in [-0.1, -0.05) is 6.07 Å². The molecule has 0 aromatic carbocycles. The zero-order valence-electron chi connectivity index (χ0n) is 15.7. The maximum Gasteiger partial charge on any atom is 0.422 e. The van der Waals surface area contributed by atoms with Gasteiger partial charge in [-0.2, -0.15) is 13.2 Å². The largest absolute Gasteiger partial charge is 0.468 e. The number of pyridine rings is 2. The Kier molecular flexibility index (Phi) is 5.86. The van der Waals surface area contributed by atoms with E-state index in [0.717, 1.165) is 30.5 Å². The van der Waals surface area contributed by atoms with Crippen LogP contribution in [0.3, 0.4) is 0 Å². The molecule has 0 aliphatic heterocycles. The third-order valence-corrected chi connectivity index (χ3v) is 4.66. The van der Waals surface area contributed by atoms with Crippen molar-refractivity contribution in [1.82, 2.24) is 14.9 Å². The smallest absolute Gasteiger partial charge is 0.422 e. The van der Waals surface area contributed by atoms with Crippen LogP contribution in [0.2, 0.25) is 0 Å². The van der Waals surface area contributed by atoms with E-state index in [9.17, 15) is 18.0 Å². The maximum absolute atomic E-state index is 13.2. The molecular formula is C20H22F3N3O2. The van der Waals surface area contributed by atoms with Crippen LogP contribution in [0, 0.1) is 0 Å². The Bertz CT molecular complexity index is 822. The van der Waals surface area contributed by atoms with Crippen LogP contribution in [0.25, 0.3) is 0 Å². The van der Waals surface area contributed by atoms with Crippen LogP contribution in [-0.2, 0) is 6.42 Å². The molecule has 5 nitrogen and oxygen atoms in total. The quantitative estimate of drug-likeness (QED) is 0.758. The zero-order valence-corrected chi connectivity index (χ0v) is 15.7. The van der Waals surface area contributed by atoms with Crippen molar-refractivity contribution in [2.75, 3.05) is 6.61 Å².